The third-order valence-electron chi connectivity index (χ3n) is 4.21. The summed E-state index contributed by atoms with van der Waals surface area (Å²) in [5.41, 5.74) is 1.90. The lowest BCUT2D eigenvalue weighted by Crippen LogP contribution is -2.44. The predicted octanol–water partition coefficient (Wildman–Crippen LogP) is 4.21. The Hall–Kier alpha value is -2.37. The Balaban J connectivity index is 1.98. The first kappa shape index (κ1) is 17.0. The van der Waals surface area contributed by atoms with Gasteiger partial charge in [0.2, 0.25) is 0 Å². The molecule has 6 nitrogen and oxygen atoms in total. The van der Waals surface area contributed by atoms with Crippen LogP contribution < -0.4 is 5.32 Å². The van der Waals surface area contributed by atoms with Crippen LogP contribution in [0.4, 0.5) is 10.5 Å². The zero-order valence-corrected chi connectivity index (χ0v) is 13.4. The summed E-state index contributed by atoms with van der Waals surface area (Å²) in [6, 6.07) is 6.64. The topological polar surface area (TPSA) is 92.5 Å². The van der Waals surface area contributed by atoms with E-state index in [-0.39, 0.29) is 5.69 Å². The van der Waals surface area contributed by atoms with Crippen molar-refractivity contribution in [1.82, 2.24) is 5.32 Å². The van der Waals surface area contributed by atoms with Gasteiger partial charge in [0.1, 0.15) is 0 Å². The van der Waals surface area contributed by atoms with Crippen molar-refractivity contribution in [3.8, 4) is 0 Å². The van der Waals surface area contributed by atoms with Gasteiger partial charge in [0, 0.05) is 17.7 Å². The summed E-state index contributed by atoms with van der Waals surface area (Å²) in [7, 11) is 0. The van der Waals surface area contributed by atoms with E-state index in [1.165, 1.54) is 17.7 Å². The quantitative estimate of drug-likeness (QED) is 0.628. The van der Waals surface area contributed by atoms with Gasteiger partial charge in [0.15, 0.2) is 0 Å². The summed E-state index contributed by atoms with van der Waals surface area (Å²) in [4.78, 5) is 21.1. The molecule has 0 aliphatic heterocycles. The number of nitrogens with one attached hydrogen (secondary N) is 1. The van der Waals surface area contributed by atoms with Crippen LogP contribution in [0, 0.1) is 16.0 Å². The van der Waals surface area contributed by atoms with Gasteiger partial charge < -0.3 is 10.4 Å². The van der Waals surface area contributed by atoms with Gasteiger partial charge in [-0.1, -0.05) is 6.08 Å². The normalized spacial score (nSPS) is 18.2. The van der Waals surface area contributed by atoms with Crippen molar-refractivity contribution in [3.63, 3.8) is 0 Å². The molecule has 23 heavy (non-hydrogen) atoms. The van der Waals surface area contributed by atoms with Crippen LogP contribution in [0.3, 0.4) is 0 Å². The van der Waals surface area contributed by atoms with E-state index in [9.17, 15) is 14.9 Å². The Kier molecular flexibility index (Phi) is 5.03. The van der Waals surface area contributed by atoms with Gasteiger partial charge in [-0.05, 0) is 68.7 Å². The van der Waals surface area contributed by atoms with Gasteiger partial charge >= 0.3 is 6.09 Å². The summed E-state index contributed by atoms with van der Waals surface area (Å²) in [5.74, 6) is 0.443. The van der Waals surface area contributed by atoms with Crippen molar-refractivity contribution >= 4 is 17.4 Å². The number of nitrogens with zero attached hydrogens (tertiary/aromatic N) is 1. The summed E-state index contributed by atoms with van der Waals surface area (Å²) < 4.78 is 0. The predicted molar refractivity (Wildman–Crippen MR) is 88.3 cm³/mol. The van der Waals surface area contributed by atoms with Gasteiger partial charge in [0.05, 0.1) is 4.92 Å². The highest BCUT2D eigenvalue weighted by Gasteiger charge is 2.26. The maximum Gasteiger partial charge on any atom is 0.405 e. The minimum atomic E-state index is -0.993. The highest BCUT2D eigenvalue weighted by atomic mass is 16.6. The molecule has 1 atom stereocenters. The number of rotatable bonds is 5. The van der Waals surface area contributed by atoms with Crippen molar-refractivity contribution in [3.05, 3.63) is 46.0 Å². The highest BCUT2D eigenvalue weighted by molar-refractivity contribution is 5.67. The molecule has 0 heterocycles. The number of non-ortho nitro benzene ring substituents is 1. The van der Waals surface area contributed by atoms with E-state index in [1.54, 1.807) is 12.1 Å². The lowest BCUT2D eigenvalue weighted by atomic mass is 9.80. The lowest BCUT2D eigenvalue weighted by Gasteiger charge is -2.31. The number of carboxylic acid groups (broad SMARTS) is 1. The number of allylic oxidation sites excluding steroid dienone is 2. The fraction of sp³-hybridized carbons (Fsp3) is 0.471. The first-order chi connectivity index (χ1) is 10.8. The summed E-state index contributed by atoms with van der Waals surface area (Å²) in [6.07, 6.45) is 4.78. The maximum atomic E-state index is 10.8. The molecular formula is C17H22N2O4. The second-order valence-corrected chi connectivity index (χ2v) is 6.69. The van der Waals surface area contributed by atoms with Gasteiger partial charge in [-0.25, -0.2) is 4.79 Å². The Morgan fingerprint density at radius 1 is 1.39 bits per heavy atom. The van der Waals surface area contributed by atoms with Crippen LogP contribution in [0.5, 0.6) is 0 Å². The second kappa shape index (κ2) is 6.81. The standard InChI is InChI=1S/C17H22N2O4/c1-17(2,18-16(20)21)11-12-3-5-13(6-4-12)14-7-9-15(10-8-14)19(22)23/h5,7-10,12,18H,3-4,6,11H2,1-2H3,(H,20,21). The lowest BCUT2D eigenvalue weighted by molar-refractivity contribution is -0.384. The zero-order valence-electron chi connectivity index (χ0n) is 13.4. The molecule has 0 saturated heterocycles. The van der Waals surface area contributed by atoms with Gasteiger partial charge in [-0.2, -0.15) is 0 Å². The first-order valence-electron chi connectivity index (χ1n) is 7.72. The van der Waals surface area contributed by atoms with Crippen molar-refractivity contribution in [2.24, 2.45) is 5.92 Å². The van der Waals surface area contributed by atoms with Crippen LogP contribution in [0.25, 0.3) is 5.57 Å². The summed E-state index contributed by atoms with van der Waals surface area (Å²) >= 11 is 0. The van der Waals surface area contributed by atoms with Gasteiger partial charge in [-0.3, -0.25) is 10.1 Å². The number of carbonyl (C=O) groups is 1. The molecule has 0 radical (unpaired) electrons. The van der Waals surface area contributed by atoms with Gasteiger partial charge in [-0.15, -0.1) is 0 Å². The number of hydrogen-bond acceptors (Lipinski definition) is 3. The third kappa shape index (κ3) is 4.81. The molecule has 0 saturated carbocycles. The fourth-order valence-corrected chi connectivity index (χ4v) is 3.20. The van der Waals surface area contributed by atoms with Crippen LogP contribution in [-0.4, -0.2) is 21.7 Å². The van der Waals surface area contributed by atoms with Crippen LogP contribution in [0.2, 0.25) is 0 Å². The average Bonchev–Trinajstić information content (AvgIpc) is 2.46. The molecule has 1 aromatic carbocycles. The molecule has 1 unspecified atom stereocenters. The van der Waals surface area contributed by atoms with E-state index in [4.69, 9.17) is 5.11 Å². The van der Waals surface area contributed by atoms with Crippen molar-refractivity contribution in [2.45, 2.75) is 45.1 Å². The molecule has 2 rings (SSSR count). The minimum Gasteiger partial charge on any atom is -0.465 e. The number of nitro benzene ring substituents is 1. The summed E-state index contributed by atoms with van der Waals surface area (Å²) in [6.45, 7) is 3.80. The Morgan fingerprint density at radius 3 is 2.52 bits per heavy atom. The molecule has 1 aliphatic rings. The fourth-order valence-electron chi connectivity index (χ4n) is 3.20. The molecule has 6 heteroatoms. The van der Waals surface area contributed by atoms with Crippen LogP contribution in [0.1, 0.15) is 45.1 Å². The molecule has 2 N–H and O–H groups in total. The number of amides is 1. The zero-order chi connectivity index (χ0) is 17.0. The molecule has 1 aliphatic carbocycles. The van der Waals surface area contributed by atoms with Crippen LogP contribution in [-0.2, 0) is 0 Å². The molecular weight excluding hydrogens is 296 g/mol. The highest BCUT2D eigenvalue weighted by Crippen LogP contribution is 2.34. The number of benzene rings is 1. The van der Waals surface area contributed by atoms with E-state index >= 15 is 0 Å². The third-order valence-corrected chi connectivity index (χ3v) is 4.21. The van der Waals surface area contributed by atoms with E-state index in [0.29, 0.717) is 5.92 Å². The summed E-state index contributed by atoms with van der Waals surface area (Å²) in [5, 5.41) is 22.1. The van der Waals surface area contributed by atoms with Crippen LogP contribution >= 0.6 is 0 Å². The Morgan fingerprint density at radius 2 is 2.04 bits per heavy atom. The van der Waals surface area contributed by atoms with E-state index in [1.807, 2.05) is 13.8 Å². The van der Waals surface area contributed by atoms with E-state index < -0.39 is 16.6 Å². The first-order valence-corrected chi connectivity index (χ1v) is 7.72. The van der Waals surface area contributed by atoms with E-state index in [0.717, 1.165) is 31.2 Å². The van der Waals surface area contributed by atoms with E-state index in [2.05, 4.69) is 11.4 Å². The SMILES string of the molecule is CC(C)(CC1CC=C(c2ccc([N+](=O)[O-])cc2)CC1)NC(=O)O. The molecule has 1 aromatic rings. The molecule has 0 fully saturated rings. The average molecular weight is 318 g/mol. The van der Waals surface area contributed by atoms with Crippen LogP contribution in [0.15, 0.2) is 30.3 Å². The maximum absolute atomic E-state index is 10.8. The molecule has 1 amide bonds. The van der Waals surface area contributed by atoms with Crippen molar-refractivity contribution < 1.29 is 14.8 Å². The minimum absolute atomic E-state index is 0.101. The largest absolute Gasteiger partial charge is 0.465 e. The van der Waals surface area contributed by atoms with Gasteiger partial charge in [0.25, 0.3) is 5.69 Å². The molecule has 0 bridgehead atoms. The Labute approximate surface area is 135 Å². The number of hydrogen-bond donors (Lipinski definition) is 2. The van der Waals surface area contributed by atoms with Crippen molar-refractivity contribution in [1.29, 1.82) is 0 Å². The monoisotopic (exact) mass is 318 g/mol. The van der Waals surface area contributed by atoms with Crippen molar-refractivity contribution in [2.75, 3.05) is 0 Å². The Bertz CT molecular complexity index is 620. The molecule has 0 aromatic heterocycles. The smallest absolute Gasteiger partial charge is 0.405 e. The molecule has 124 valence electrons. The second-order valence-electron chi connectivity index (χ2n) is 6.69. The molecule has 0 spiro atoms. The number of nitro groups is 1.